The maximum atomic E-state index is 9.58. The Bertz CT molecular complexity index is 151. The SMILES string of the molecule is CC(C)N1[CH-]N(C(C)C)CC1.F[C-](F)F.[Cu+2]. The second-order valence-corrected chi connectivity index (χ2v) is 3.99. The fourth-order valence-corrected chi connectivity index (χ4v) is 1.32. The fourth-order valence-electron chi connectivity index (χ4n) is 1.32. The monoisotopic (exact) mass is 287 g/mol. The van der Waals surface area contributed by atoms with Gasteiger partial charge in [0.15, 0.2) is 6.68 Å². The van der Waals surface area contributed by atoms with Crippen molar-refractivity contribution >= 4 is 0 Å². The zero-order chi connectivity index (χ0) is 12.0. The van der Waals surface area contributed by atoms with Crippen molar-refractivity contribution in [3.63, 3.8) is 0 Å². The number of nitrogens with zero attached hydrogens (tertiary/aromatic N) is 2. The third-order valence-electron chi connectivity index (χ3n) is 2.24. The van der Waals surface area contributed by atoms with Crippen LogP contribution in [0.5, 0.6) is 0 Å². The van der Waals surface area contributed by atoms with Crippen LogP contribution >= 0.6 is 0 Å². The molecule has 16 heavy (non-hydrogen) atoms. The van der Waals surface area contributed by atoms with E-state index in [1.54, 1.807) is 0 Å². The largest absolute Gasteiger partial charge is 2.00 e. The van der Waals surface area contributed by atoms with Gasteiger partial charge in [0, 0.05) is 0 Å². The van der Waals surface area contributed by atoms with Crippen molar-refractivity contribution in [1.82, 2.24) is 9.80 Å². The topological polar surface area (TPSA) is 6.48 Å². The molecule has 101 valence electrons. The Labute approximate surface area is 107 Å². The van der Waals surface area contributed by atoms with E-state index >= 15 is 0 Å². The van der Waals surface area contributed by atoms with Gasteiger partial charge in [0.05, 0.1) is 0 Å². The van der Waals surface area contributed by atoms with Crippen molar-refractivity contribution in [3.8, 4) is 0 Å². The molecule has 1 rings (SSSR count). The van der Waals surface area contributed by atoms with Crippen molar-refractivity contribution in [1.29, 1.82) is 0 Å². The van der Waals surface area contributed by atoms with Gasteiger partial charge in [-0.3, -0.25) is 0 Å². The zero-order valence-electron chi connectivity index (χ0n) is 9.98. The average Bonchev–Trinajstić information content (AvgIpc) is 2.49. The van der Waals surface area contributed by atoms with E-state index in [0.717, 1.165) is 0 Å². The summed E-state index contributed by atoms with van der Waals surface area (Å²) in [5, 5.41) is 0. The van der Waals surface area contributed by atoms with E-state index in [9.17, 15) is 13.2 Å². The van der Waals surface area contributed by atoms with E-state index in [1.165, 1.54) is 13.1 Å². The third-order valence-corrected chi connectivity index (χ3v) is 2.24. The molecule has 1 heterocycles. The second kappa shape index (κ2) is 9.28. The molecule has 1 radical (unpaired) electrons. The Morgan fingerprint density at radius 3 is 1.31 bits per heavy atom. The van der Waals surface area contributed by atoms with Crippen LogP contribution in [0.1, 0.15) is 27.7 Å². The summed E-state index contributed by atoms with van der Waals surface area (Å²) in [6, 6.07) is 1.30. The Morgan fingerprint density at radius 1 is 0.938 bits per heavy atom. The molecule has 0 N–H and O–H groups in total. The molecule has 1 fully saturated rings. The predicted molar refractivity (Wildman–Crippen MR) is 54.6 cm³/mol. The van der Waals surface area contributed by atoms with Gasteiger partial charge in [0.25, 0.3) is 0 Å². The van der Waals surface area contributed by atoms with Gasteiger partial charge in [-0.2, -0.15) is 0 Å². The van der Waals surface area contributed by atoms with E-state index in [4.69, 9.17) is 0 Å². The first-order valence-electron chi connectivity index (χ1n) is 5.04. The van der Waals surface area contributed by atoms with Gasteiger partial charge >= 0.3 is 17.1 Å². The van der Waals surface area contributed by atoms with Crippen molar-refractivity contribution in [3.05, 3.63) is 13.3 Å². The van der Waals surface area contributed by atoms with Crippen LogP contribution in [0, 0.1) is 13.3 Å². The summed E-state index contributed by atoms with van der Waals surface area (Å²) in [6.45, 7) is 10.5. The summed E-state index contributed by atoms with van der Waals surface area (Å²) in [5.41, 5.74) is 0. The minimum atomic E-state index is -3.08. The first-order chi connectivity index (χ1) is 6.84. The van der Waals surface area contributed by atoms with Crippen LogP contribution in [0.25, 0.3) is 0 Å². The minimum absolute atomic E-state index is 0. The van der Waals surface area contributed by atoms with Gasteiger partial charge in [-0.1, -0.05) is 27.7 Å². The van der Waals surface area contributed by atoms with E-state index in [-0.39, 0.29) is 17.1 Å². The molecule has 0 aromatic heterocycles. The third kappa shape index (κ3) is 8.39. The quantitative estimate of drug-likeness (QED) is 0.569. The van der Waals surface area contributed by atoms with Crippen LogP contribution in [0.2, 0.25) is 0 Å². The van der Waals surface area contributed by atoms with Crippen LogP contribution in [-0.4, -0.2) is 35.0 Å². The molecular weight excluding hydrogens is 269 g/mol. The van der Waals surface area contributed by atoms with Crippen LogP contribution in [0.4, 0.5) is 13.2 Å². The summed E-state index contributed by atoms with van der Waals surface area (Å²) < 4.78 is 28.8. The van der Waals surface area contributed by atoms with Crippen molar-refractivity contribution in [2.24, 2.45) is 0 Å². The molecule has 0 atom stereocenters. The van der Waals surface area contributed by atoms with Crippen molar-refractivity contribution in [2.45, 2.75) is 39.8 Å². The molecular formula is C10H19CuF3N2. The fraction of sp³-hybridized carbons (Fsp3) is 0.800. The molecule has 1 aliphatic heterocycles. The molecule has 0 aliphatic carbocycles. The molecule has 0 aromatic rings. The summed E-state index contributed by atoms with van der Waals surface area (Å²) in [4.78, 5) is 4.78. The summed E-state index contributed by atoms with van der Waals surface area (Å²) in [5.74, 6) is 0. The first kappa shape index (κ1) is 18.6. The molecule has 0 saturated carbocycles. The first-order valence-corrected chi connectivity index (χ1v) is 5.04. The van der Waals surface area contributed by atoms with E-state index in [0.29, 0.717) is 12.1 Å². The standard InChI is InChI=1S/C9H19N2.CF3.Cu/c1-8(2)10-5-6-11(7-10)9(3)4;2-1(3)4;/h7-9H,5-6H2,1-4H3;;/q2*-1;+2. The Hall–Kier alpha value is 0.229. The minimum Gasteiger partial charge on any atom is -0.440 e. The maximum absolute atomic E-state index is 9.58. The summed E-state index contributed by atoms with van der Waals surface area (Å²) >= 11 is 0. The maximum Gasteiger partial charge on any atom is 2.00 e. The number of hydrogen-bond donors (Lipinski definition) is 0. The second-order valence-electron chi connectivity index (χ2n) is 3.99. The van der Waals surface area contributed by atoms with Crippen molar-refractivity contribution < 1.29 is 30.2 Å². The molecule has 0 spiro atoms. The van der Waals surface area contributed by atoms with Gasteiger partial charge in [-0.05, 0) is 25.2 Å². The van der Waals surface area contributed by atoms with Gasteiger partial charge in [-0.25, -0.2) is 6.67 Å². The van der Waals surface area contributed by atoms with Crippen molar-refractivity contribution in [2.75, 3.05) is 13.1 Å². The molecule has 6 heteroatoms. The zero-order valence-corrected chi connectivity index (χ0v) is 10.9. The van der Waals surface area contributed by atoms with Gasteiger partial charge in [0.1, 0.15) is 0 Å². The number of halogens is 3. The molecule has 1 saturated heterocycles. The van der Waals surface area contributed by atoms with E-state index < -0.39 is 6.68 Å². The molecule has 2 nitrogen and oxygen atoms in total. The molecule has 0 amide bonds. The molecule has 0 aromatic carbocycles. The summed E-state index contributed by atoms with van der Waals surface area (Å²) in [6.07, 6.45) is 0. The normalized spacial score (nSPS) is 17.6. The Balaban J connectivity index is 0. The van der Waals surface area contributed by atoms with Crippen LogP contribution in [-0.2, 0) is 17.1 Å². The summed E-state index contributed by atoms with van der Waals surface area (Å²) in [7, 11) is 0. The number of hydrogen-bond acceptors (Lipinski definition) is 2. The van der Waals surface area contributed by atoms with Crippen LogP contribution in [0.15, 0.2) is 0 Å². The van der Waals surface area contributed by atoms with Crippen LogP contribution in [0.3, 0.4) is 0 Å². The number of rotatable bonds is 2. The molecule has 0 bridgehead atoms. The predicted octanol–water partition coefficient (Wildman–Crippen LogP) is 2.88. The van der Waals surface area contributed by atoms with Gasteiger partial charge in [-0.15, -0.1) is 0 Å². The van der Waals surface area contributed by atoms with E-state index in [2.05, 4.69) is 44.2 Å². The van der Waals surface area contributed by atoms with Gasteiger partial charge < -0.3 is 23.0 Å². The van der Waals surface area contributed by atoms with Gasteiger partial charge in [0.2, 0.25) is 0 Å². The smallest absolute Gasteiger partial charge is 0.440 e. The Morgan fingerprint density at radius 2 is 1.19 bits per heavy atom. The van der Waals surface area contributed by atoms with Crippen LogP contribution < -0.4 is 0 Å². The average molecular weight is 288 g/mol. The molecule has 1 aliphatic rings. The molecule has 0 unspecified atom stereocenters. The Kier molecular flexibility index (Phi) is 10.8. The van der Waals surface area contributed by atoms with E-state index in [1.807, 2.05) is 0 Å².